The van der Waals surface area contributed by atoms with Crippen molar-refractivity contribution in [3.8, 4) is 0 Å². The van der Waals surface area contributed by atoms with Crippen molar-refractivity contribution < 1.29 is 8.42 Å². The number of thiocarbonyl (C=S) groups is 1. The average Bonchev–Trinajstić information content (AvgIpc) is 1.97. The first-order valence-corrected chi connectivity index (χ1v) is 6.38. The molecule has 1 aromatic rings. The molecule has 0 amide bonds. The molecule has 0 bridgehead atoms. The van der Waals surface area contributed by atoms with Crippen molar-refractivity contribution in [3.05, 3.63) is 22.2 Å². The lowest BCUT2D eigenvalue weighted by Gasteiger charge is -2.21. The third kappa shape index (κ3) is 1.90. The molecular weight excluding hydrogens is 279 g/mol. The van der Waals surface area contributed by atoms with Gasteiger partial charge in [0, 0.05) is 5.02 Å². The average molecular weight is 283 g/mol. The molecule has 0 aromatic heterocycles. The highest BCUT2D eigenvalue weighted by atomic mass is 35.5. The van der Waals surface area contributed by atoms with Crippen LogP contribution in [0.2, 0.25) is 10.0 Å². The molecule has 0 saturated carbocycles. The van der Waals surface area contributed by atoms with Gasteiger partial charge in [-0.3, -0.25) is 4.72 Å². The van der Waals surface area contributed by atoms with Crippen molar-refractivity contribution in [2.24, 2.45) is 0 Å². The zero-order chi connectivity index (χ0) is 11.2. The molecule has 0 unspecified atom stereocenters. The maximum atomic E-state index is 11.6. The molecule has 0 atom stereocenters. The van der Waals surface area contributed by atoms with E-state index in [1.165, 1.54) is 12.1 Å². The lowest BCUT2D eigenvalue weighted by molar-refractivity contribution is 0.592. The van der Waals surface area contributed by atoms with Crippen LogP contribution in [0.15, 0.2) is 17.0 Å². The Morgan fingerprint density at radius 2 is 1.93 bits per heavy atom. The summed E-state index contributed by atoms with van der Waals surface area (Å²) < 4.78 is 25.4. The van der Waals surface area contributed by atoms with Crippen LogP contribution in [0.25, 0.3) is 0 Å². The molecule has 1 aliphatic heterocycles. The minimum atomic E-state index is -3.68. The predicted octanol–water partition coefficient (Wildman–Crippen LogP) is 1.98. The number of nitrogens with one attached hydrogen (secondary N) is 2. The summed E-state index contributed by atoms with van der Waals surface area (Å²) in [5.41, 5.74) is 0.288. The van der Waals surface area contributed by atoms with Gasteiger partial charge in [0.1, 0.15) is 4.90 Å². The van der Waals surface area contributed by atoms with Crippen LogP contribution in [0.1, 0.15) is 0 Å². The topological polar surface area (TPSA) is 58.2 Å². The molecule has 80 valence electrons. The molecule has 2 N–H and O–H groups in total. The Labute approximate surface area is 102 Å². The predicted molar refractivity (Wildman–Crippen MR) is 63.0 cm³/mol. The van der Waals surface area contributed by atoms with Crippen LogP contribution >= 0.6 is 35.4 Å². The van der Waals surface area contributed by atoms with Crippen molar-refractivity contribution in [3.63, 3.8) is 0 Å². The highest BCUT2D eigenvalue weighted by Crippen LogP contribution is 2.34. The van der Waals surface area contributed by atoms with Crippen molar-refractivity contribution in [1.29, 1.82) is 0 Å². The number of fused-ring (bicyclic) bond motifs is 1. The fraction of sp³-hybridized carbons (Fsp3) is 0. The molecule has 0 radical (unpaired) electrons. The van der Waals surface area contributed by atoms with Gasteiger partial charge in [-0.15, -0.1) is 0 Å². The summed E-state index contributed by atoms with van der Waals surface area (Å²) in [6, 6.07) is 2.81. The molecule has 1 heterocycles. The van der Waals surface area contributed by atoms with Crippen molar-refractivity contribution in [1.82, 2.24) is 4.72 Å². The zero-order valence-corrected chi connectivity index (χ0v) is 10.2. The quantitative estimate of drug-likeness (QED) is 0.715. The highest BCUT2D eigenvalue weighted by molar-refractivity contribution is 7.92. The van der Waals surface area contributed by atoms with Gasteiger partial charge in [-0.05, 0) is 24.4 Å². The summed E-state index contributed by atoms with van der Waals surface area (Å²) in [7, 11) is -3.68. The van der Waals surface area contributed by atoms with Gasteiger partial charge in [0.2, 0.25) is 0 Å². The van der Waals surface area contributed by atoms with Crippen molar-refractivity contribution >= 4 is 56.2 Å². The Morgan fingerprint density at radius 3 is 2.60 bits per heavy atom. The van der Waals surface area contributed by atoms with E-state index in [4.69, 9.17) is 35.4 Å². The van der Waals surface area contributed by atoms with E-state index in [1.54, 1.807) is 0 Å². The third-order valence-corrected chi connectivity index (χ3v) is 4.16. The summed E-state index contributed by atoms with van der Waals surface area (Å²) in [6.07, 6.45) is 0. The van der Waals surface area contributed by atoms with Gasteiger partial charge in [-0.2, -0.15) is 0 Å². The van der Waals surface area contributed by atoms with Crippen LogP contribution in [-0.2, 0) is 10.0 Å². The molecule has 1 aromatic carbocycles. The largest absolute Gasteiger partial charge is 0.331 e. The smallest absolute Gasteiger partial charge is 0.267 e. The molecule has 8 heteroatoms. The van der Waals surface area contributed by atoms with E-state index in [1.807, 2.05) is 0 Å². The van der Waals surface area contributed by atoms with Gasteiger partial charge >= 0.3 is 0 Å². The van der Waals surface area contributed by atoms with Crippen molar-refractivity contribution in [2.75, 3.05) is 5.32 Å². The van der Waals surface area contributed by atoms with Crippen LogP contribution < -0.4 is 10.0 Å². The van der Waals surface area contributed by atoms with Crippen molar-refractivity contribution in [2.45, 2.75) is 4.90 Å². The Morgan fingerprint density at radius 1 is 1.27 bits per heavy atom. The van der Waals surface area contributed by atoms with E-state index in [0.29, 0.717) is 5.02 Å². The van der Waals surface area contributed by atoms with Gasteiger partial charge in [-0.1, -0.05) is 23.2 Å². The fourth-order valence-electron chi connectivity index (χ4n) is 1.25. The third-order valence-electron chi connectivity index (χ3n) is 1.75. The van der Waals surface area contributed by atoms with Crippen LogP contribution in [0, 0.1) is 0 Å². The summed E-state index contributed by atoms with van der Waals surface area (Å²) >= 11 is 16.3. The molecule has 1 aliphatic rings. The highest BCUT2D eigenvalue weighted by Gasteiger charge is 2.28. The fourth-order valence-corrected chi connectivity index (χ4v) is 3.60. The minimum absolute atomic E-state index is 0.000772. The van der Waals surface area contributed by atoms with Crippen LogP contribution in [0.5, 0.6) is 0 Å². The first kappa shape index (κ1) is 10.9. The lowest BCUT2D eigenvalue weighted by atomic mass is 10.3. The SMILES string of the molecule is O=S1(=O)NC(=S)Nc2cc(Cl)cc(Cl)c21. The number of halogens is 2. The Kier molecular flexibility index (Phi) is 2.54. The first-order valence-electron chi connectivity index (χ1n) is 3.73. The summed E-state index contributed by atoms with van der Waals surface area (Å²) in [5.74, 6) is 0. The van der Waals surface area contributed by atoms with E-state index in [0.717, 1.165) is 0 Å². The summed E-state index contributed by atoms with van der Waals surface area (Å²) in [5, 5.41) is 3.06. The molecule has 15 heavy (non-hydrogen) atoms. The van der Waals surface area contributed by atoms with E-state index < -0.39 is 10.0 Å². The zero-order valence-electron chi connectivity index (χ0n) is 7.04. The molecule has 4 nitrogen and oxygen atoms in total. The molecular formula is C7H4Cl2N2O2S2. The van der Waals surface area contributed by atoms with Crippen LogP contribution in [0.3, 0.4) is 0 Å². The molecule has 0 spiro atoms. The number of hydrogen-bond acceptors (Lipinski definition) is 3. The standard InChI is InChI=1S/C7H4Cl2N2O2S2/c8-3-1-4(9)6-5(2-3)10-7(14)11-15(6,12)13/h1-2H,(H2,10,11,14). The second kappa shape index (κ2) is 3.48. The van der Waals surface area contributed by atoms with Gasteiger partial charge in [-0.25, -0.2) is 8.42 Å². The van der Waals surface area contributed by atoms with E-state index in [2.05, 4.69) is 10.0 Å². The first-order chi connectivity index (χ1) is 6.90. The van der Waals surface area contributed by atoms with E-state index >= 15 is 0 Å². The monoisotopic (exact) mass is 282 g/mol. The second-order valence-corrected chi connectivity index (χ2v) is 5.70. The van der Waals surface area contributed by atoms with E-state index in [-0.39, 0.29) is 20.7 Å². The second-order valence-electron chi connectivity index (χ2n) is 2.82. The molecule has 0 aliphatic carbocycles. The number of anilines is 1. The normalized spacial score (nSPS) is 17.6. The van der Waals surface area contributed by atoms with Gasteiger partial charge < -0.3 is 5.32 Å². The maximum Gasteiger partial charge on any atom is 0.267 e. The Balaban J connectivity index is 2.79. The minimum Gasteiger partial charge on any atom is -0.331 e. The molecule has 0 saturated heterocycles. The Hall–Kier alpha value is -0.560. The summed E-state index contributed by atoms with van der Waals surface area (Å²) in [6.45, 7) is 0. The Bertz CT molecular complexity index is 556. The van der Waals surface area contributed by atoms with Gasteiger partial charge in [0.25, 0.3) is 10.0 Å². The van der Waals surface area contributed by atoms with Gasteiger partial charge in [0.05, 0.1) is 10.7 Å². The number of benzene rings is 1. The van der Waals surface area contributed by atoms with Gasteiger partial charge in [0.15, 0.2) is 5.11 Å². The maximum absolute atomic E-state index is 11.6. The number of rotatable bonds is 0. The number of hydrogen-bond donors (Lipinski definition) is 2. The van der Waals surface area contributed by atoms with E-state index in [9.17, 15) is 8.42 Å². The van der Waals surface area contributed by atoms with Crippen LogP contribution in [0.4, 0.5) is 5.69 Å². The number of sulfonamides is 1. The molecule has 0 fully saturated rings. The lowest BCUT2D eigenvalue weighted by Crippen LogP contribution is -2.39. The summed E-state index contributed by atoms with van der Waals surface area (Å²) in [4.78, 5) is -0.0397. The van der Waals surface area contributed by atoms with Crippen LogP contribution in [-0.4, -0.2) is 13.5 Å². The molecule has 2 rings (SSSR count).